The van der Waals surface area contributed by atoms with E-state index >= 15 is 0 Å². The van der Waals surface area contributed by atoms with E-state index in [1.807, 2.05) is 22.6 Å². The molecule has 132 valence electrons. The van der Waals surface area contributed by atoms with Crippen molar-refractivity contribution < 1.29 is 19.4 Å². The van der Waals surface area contributed by atoms with Gasteiger partial charge in [-0.25, -0.2) is 19.6 Å². The third kappa shape index (κ3) is 5.55. The number of amides is 1. The number of carboxylic acid groups (broad SMARTS) is 1. The van der Waals surface area contributed by atoms with Crippen molar-refractivity contribution in [2.24, 2.45) is 0 Å². The number of nitrogens with one attached hydrogen (secondary N) is 1. The minimum Gasteiger partial charge on any atom is -0.480 e. The van der Waals surface area contributed by atoms with Crippen LogP contribution in [0.5, 0.6) is 5.75 Å². The molecule has 0 saturated carbocycles. The zero-order valence-corrected chi connectivity index (χ0v) is 15.8. The van der Waals surface area contributed by atoms with Crippen LogP contribution in [-0.2, 0) is 11.2 Å². The summed E-state index contributed by atoms with van der Waals surface area (Å²) in [4.78, 5) is 32.3. The number of anilines is 1. The Morgan fingerprint density at radius 1 is 1.32 bits per heavy atom. The molecule has 9 heteroatoms. The lowest BCUT2D eigenvalue weighted by Crippen LogP contribution is -2.32. The van der Waals surface area contributed by atoms with Crippen LogP contribution in [-0.4, -0.2) is 52.2 Å². The van der Waals surface area contributed by atoms with Crippen LogP contribution in [0.2, 0.25) is 0 Å². The quantitative estimate of drug-likeness (QED) is 0.643. The second-order valence-electron chi connectivity index (χ2n) is 5.36. The number of nitrogens with zero attached hydrogens (tertiary/aromatic N) is 3. The molecule has 8 nitrogen and oxygen atoms in total. The fourth-order valence-corrected chi connectivity index (χ4v) is 2.36. The van der Waals surface area contributed by atoms with E-state index < -0.39 is 18.1 Å². The van der Waals surface area contributed by atoms with Crippen LogP contribution in [0.3, 0.4) is 0 Å². The number of hydrogen-bond donors (Lipinski definition) is 2. The topological polar surface area (TPSA) is 105 Å². The molecule has 0 saturated heterocycles. The number of rotatable bonds is 6. The molecule has 2 aromatic rings. The van der Waals surface area contributed by atoms with Gasteiger partial charge in [0.05, 0.1) is 3.57 Å². The minimum atomic E-state index is -0.988. The third-order valence-corrected chi connectivity index (χ3v) is 4.00. The SMILES string of the molecule is CN(C)C(=O)Oc1ccc(C[C@H](Nc2ncncc2I)C(=O)O)cc1. The lowest BCUT2D eigenvalue weighted by molar-refractivity contribution is -0.137. The van der Waals surface area contributed by atoms with E-state index in [1.54, 1.807) is 44.6 Å². The van der Waals surface area contributed by atoms with Gasteiger partial charge in [0.2, 0.25) is 0 Å². The second-order valence-corrected chi connectivity index (χ2v) is 6.53. The highest BCUT2D eigenvalue weighted by molar-refractivity contribution is 14.1. The highest BCUT2D eigenvalue weighted by Gasteiger charge is 2.19. The van der Waals surface area contributed by atoms with Crippen molar-refractivity contribution in [2.75, 3.05) is 19.4 Å². The van der Waals surface area contributed by atoms with Gasteiger partial charge in [0.25, 0.3) is 0 Å². The Labute approximate surface area is 158 Å². The number of aliphatic carboxylic acids is 1. The molecular weight excluding hydrogens is 439 g/mol. The Hall–Kier alpha value is -2.43. The number of ether oxygens (including phenoxy) is 1. The fourth-order valence-electron chi connectivity index (χ4n) is 1.91. The van der Waals surface area contributed by atoms with Gasteiger partial charge in [-0.2, -0.15) is 0 Å². The second kappa shape index (κ2) is 8.60. The molecule has 1 aromatic carbocycles. The van der Waals surface area contributed by atoms with Gasteiger partial charge in [-0.3, -0.25) is 0 Å². The van der Waals surface area contributed by atoms with Crippen molar-refractivity contribution in [3.8, 4) is 5.75 Å². The summed E-state index contributed by atoms with van der Waals surface area (Å²) in [5.74, 6) is -0.121. The number of carboxylic acids is 1. The molecule has 1 amide bonds. The Morgan fingerprint density at radius 3 is 2.56 bits per heavy atom. The van der Waals surface area contributed by atoms with Gasteiger partial charge in [0.15, 0.2) is 0 Å². The summed E-state index contributed by atoms with van der Waals surface area (Å²) in [6.45, 7) is 0. The molecule has 0 spiro atoms. The van der Waals surface area contributed by atoms with Crippen molar-refractivity contribution in [3.05, 3.63) is 45.9 Å². The van der Waals surface area contributed by atoms with Gasteiger partial charge in [-0.05, 0) is 40.3 Å². The van der Waals surface area contributed by atoms with E-state index in [9.17, 15) is 14.7 Å². The number of carbonyl (C=O) groups excluding carboxylic acids is 1. The van der Waals surface area contributed by atoms with Crippen LogP contribution in [0.15, 0.2) is 36.8 Å². The number of halogens is 1. The predicted octanol–water partition coefficient (Wildman–Crippen LogP) is 2.25. The van der Waals surface area contributed by atoms with E-state index in [2.05, 4.69) is 15.3 Å². The molecule has 2 rings (SSSR count). The Balaban J connectivity index is 2.06. The minimum absolute atomic E-state index is 0.247. The van der Waals surface area contributed by atoms with Gasteiger partial charge >= 0.3 is 12.1 Å². The summed E-state index contributed by atoms with van der Waals surface area (Å²) in [6, 6.07) is 5.86. The molecule has 0 unspecified atom stereocenters. The standard InChI is InChI=1S/C16H17IN4O4/c1-21(2)16(24)25-11-5-3-10(4-6-11)7-13(15(22)23)20-14-12(17)8-18-9-19-14/h3-6,8-9,13H,7H2,1-2H3,(H,22,23)(H,18,19,20)/t13-/m0/s1. The van der Waals surface area contributed by atoms with Crippen LogP contribution in [0.25, 0.3) is 0 Å². The molecular formula is C16H17IN4O4. The van der Waals surface area contributed by atoms with Crippen LogP contribution < -0.4 is 10.1 Å². The number of benzene rings is 1. The molecule has 1 aromatic heterocycles. The van der Waals surface area contributed by atoms with Gasteiger partial charge in [0, 0.05) is 26.7 Å². The maximum absolute atomic E-state index is 11.5. The maximum atomic E-state index is 11.5. The van der Waals surface area contributed by atoms with E-state index in [4.69, 9.17) is 4.74 Å². The monoisotopic (exact) mass is 456 g/mol. The van der Waals surface area contributed by atoms with Gasteiger partial charge in [-0.1, -0.05) is 12.1 Å². The summed E-state index contributed by atoms with van der Waals surface area (Å²) in [5, 5.41) is 12.3. The molecule has 25 heavy (non-hydrogen) atoms. The van der Waals surface area contributed by atoms with E-state index in [1.165, 1.54) is 11.2 Å². The first-order valence-electron chi connectivity index (χ1n) is 7.29. The van der Waals surface area contributed by atoms with Crippen LogP contribution in [0.4, 0.5) is 10.6 Å². The molecule has 0 bridgehead atoms. The lowest BCUT2D eigenvalue weighted by Gasteiger charge is -2.16. The largest absolute Gasteiger partial charge is 0.480 e. The van der Waals surface area contributed by atoms with Crippen molar-refractivity contribution in [2.45, 2.75) is 12.5 Å². The molecule has 0 aliphatic heterocycles. The van der Waals surface area contributed by atoms with Crippen molar-refractivity contribution >= 4 is 40.5 Å². The number of aromatic nitrogens is 2. The zero-order chi connectivity index (χ0) is 18.4. The Morgan fingerprint density at radius 2 is 2.00 bits per heavy atom. The van der Waals surface area contributed by atoms with E-state index in [-0.39, 0.29) is 6.42 Å². The Kier molecular flexibility index (Phi) is 6.51. The van der Waals surface area contributed by atoms with E-state index in [0.29, 0.717) is 11.6 Å². The summed E-state index contributed by atoms with van der Waals surface area (Å²) in [5.41, 5.74) is 0.786. The van der Waals surface area contributed by atoms with Crippen LogP contribution in [0.1, 0.15) is 5.56 Å². The third-order valence-electron chi connectivity index (χ3n) is 3.21. The Bertz CT molecular complexity index is 752. The van der Waals surface area contributed by atoms with Crippen LogP contribution in [0, 0.1) is 3.57 Å². The lowest BCUT2D eigenvalue weighted by atomic mass is 10.1. The maximum Gasteiger partial charge on any atom is 0.414 e. The van der Waals surface area contributed by atoms with Gasteiger partial charge in [0.1, 0.15) is 23.9 Å². The summed E-state index contributed by atoms with van der Waals surface area (Å²) < 4.78 is 5.87. The highest BCUT2D eigenvalue weighted by atomic mass is 127. The highest BCUT2D eigenvalue weighted by Crippen LogP contribution is 2.18. The van der Waals surface area contributed by atoms with E-state index in [0.717, 1.165) is 9.13 Å². The molecule has 1 atom stereocenters. The average Bonchev–Trinajstić information content (AvgIpc) is 2.57. The van der Waals surface area contributed by atoms with Crippen LogP contribution >= 0.6 is 22.6 Å². The number of hydrogen-bond acceptors (Lipinski definition) is 6. The van der Waals surface area contributed by atoms with Crippen molar-refractivity contribution in [1.82, 2.24) is 14.9 Å². The molecule has 0 aliphatic carbocycles. The fraction of sp³-hybridized carbons (Fsp3) is 0.250. The predicted molar refractivity (Wildman–Crippen MR) is 99.7 cm³/mol. The molecule has 2 N–H and O–H groups in total. The first kappa shape index (κ1) is 18.9. The van der Waals surface area contributed by atoms with Crippen molar-refractivity contribution in [1.29, 1.82) is 0 Å². The molecule has 0 fully saturated rings. The number of carbonyl (C=O) groups is 2. The normalized spacial score (nSPS) is 11.5. The smallest absolute Gasteiger partial charge is 0.414 e. The summed E-state index contributed by atoms with van der Waals surface area (Å²) in [7, 11) is 3.18. The molecule has 0 radical (unpaired) electrons. The molecule has 1 heterocycles. The molecule has 0 aliphatic rings. The average molecular weight is 456 g/mol. The van der Waals surface area contributed by atoms with Crippen molar-refractivity contribution in [3.63, 3.8) is 0 Å². The van der Waals surface area contributed by atoms with Gasteiger partial charge < -0.3 is 20.1 Å². The summed E-state index contributed by atoms with van der Waals surface area (Å²) >= 11 is 2.04. The first-order chi connectivity index (χ1) is 11.9. The first-order valence-corrected chi connectivity index (χ1v) is 8.37. The summed E-state index contributed by atoms with van der Waals surface area (Å²) in [6.07, 6.45) is 2.73. The zero-order valence-electron chi connectivity index (χ0n) is 13.6. The van der Waals surface area contributed by atoms with Gasteiger partial charge in [-0.15, -0.1) is 0 Å².